The van der Waals surface area contributed by atoms with Crippen molar-refractivity contribution < 1.29 is 13.2 Å². The number of sulfonamides is 1. The average molecular weight is 373 g/mol. The Morgan fingerprint density at radius 3 is 2.39 bits per heavy atom. The molecule has 2 aromatic rings. The number of benzene rings is 2. The van der Waals surface area contributed by atoms with E-state index >= 15 is 0 Å². The maximum Gasteiger partial charge on any atom is 0.241 e. The number of rotatable bonds is 5. The van der Waals surface area contributed by atoms with Gasteiger partial charge in [-0.15, -0.1) is 0 Å². The van der Waals surface area contributed by atoms with E-state index in [1.165, 1.54) is 12.1 Å². The van der Waals surface area contributed by atoms with E-state index in [-0.39, 0.29) is 9.92 Å². The number of nitrogens with one attached hydrogen (secondary N) is 2. The molecule has 0 aliphatic carbocycles. The second-order valence-electron chi connectivity index (χ2n) is 4.79. The molecule has 5 nitrogen and oxygen atoms in total. The predicted octanol–water partition coefficient (Wildman–Crippen LogP) is 3.22. The monoisotopic (exact) mass is 372 g/mol. The van der Waals surface area contributed by atoms with Crippen LogP contribution >= 0.6 is 23.2 Å². The van der Waals surface area contributed by atoms with Gasteiger partial charge in [-0.2, -0.15) is 0 Å². The maximum atomic E-state index is 12.1. The van der Waals surface area contributed by atoms with Gasteiger partial charge in [0.05, 0.1) is 27.2 Å². The molecule has 2 aromatic carbocycles. The van der Waals surface area contributed by atoms with Crippen molar-refractivity contribution in [3.63, 3.8) is 0 Å². The van der Waals surface area contributed by atoms with E-state index in [9.17, 15) is 13.2 Å². The summed E-state index contributed by atoms with van der Waals surface area (Å²) in [5.74, 6) is -0.551. The van der Waals surface area contributed by atoms with E-state index in [2.05, 4.69) is 10.0 Å². The Bertz CT molecular complexity index is 821. The Balaban J connectivity index is 2.01. The molecule has 0 heterocycles. The molecule has 0 unspecified atom stereocenters. The Kier molecular flexibility index (Phi) is 5.64. The molecule has 0 saturated carbocycles. The molecule has 0 aliphatic rings. The van der Waals surface area contributed by atoms with Gasteiger partial charge in [-0.1, -0.05) is 47.0 Å². The third-order valence-corrected chi connectivity index (χ3v) is 5.22. The van der Waals surface area contributed by atoms with Crippen LogP contribution in [0, 0.1) is 6.92 Å². The average Bonchev–Trinajstić information content (AvgIpc) is 2.50. The fraction of sp³-hybridized carbons (Fsp3) is 0.133. The van der Waals surface area contributed by atoms with Crippen LogP contribution in [0.5, 0.6) is 0 Å². The van der Waals surface area contributed by atoms with E-state index in [1.54, 1.807) is 30.3 Å². The number of carbonyl (C=O) groups is 1. The van der Waals surface area contributed by atoms with Crippen LogP contribution in [0.1, 0.15) is 5.56 Å². The van der Waals surface area contributed by atoms with Gasteiger partial charge in [0.25, 0.3) is 0 Å². The van der Waals surface area contributed by atoms with Crippen molar-refractivity contribution >= 4 is 44.8 Å². The molecule has 0 fully saturated rings. The van der Waals surface area contributed by atoms with E-state index < -0.39 is 22.5 Å². The second-order valence-corrected chi connectivity index (χ2v) is 7.34. The normalized spacial score (nSPS) is 11.3. The van der Waals surface area contributed by atoms with Gasteiger partial charge in [-0.3, -0.25) is 4.79 Å². The summed E-state index contributed by atoms with van der Waals surface area (Å²) in [6.45, 7) is 1.44. The first-order valence-electron chi connectivity index (χ1n) is 6.60. The van der Waals surface area contributed by atoms with Crippen LogP contribution in [0.3, 0.4) is 0 Å². The van der Waals surface area contributed by atoms with Crippen LogP contribution in [0.4, 0.5) is 5.69 Å². The fourth-order valence-corrected chi connectivity index (χ4v) is 3.09. The van der Waals surface area contributed by atoms with Gasteiger partial charge in [0, 0.05) is 0 Å². The van der Waals surface area contributed by atoms with Crippen molar-refractivity contribution in [1.29, 1.82) is 0 Å². The van der Waals surface area contributed by atoms with Crippen LogP contribution in [0.2, 0.25) is 10.0 Å². The fourth-order valence-electron chi connectivity index (χ4n) is 1.76. The maximum absolute atomic E-state index is 12.1. The first kappa shape index (κ1) is 17.7. The summed E-state index contributed by atoms with van der Waals surface area (Å²) in [7, 11) is -3.75. The van der Waals surface area contributed by atoms with Crippen LogP contribution < -0.4 is 10.0 Å². The molecule has 0 atom stereocenters. The van der Waals surface area contributed by atoms with Crippen LogP contribution in [-0.2, 0) is 14.8 Å². The number of aryl methyl sites for hydroxylation is 1. The standard InChI is InChI=1S/C15H14Cl2N2O3S/c1-10-5-7-11(8-6-10)23(21,22)18-9-14(20)19-13-4-2-3-12(16)15(13)17/h2-8,18H,9H2,1H3,(H,19,20). The third kappa shape index (κ3) is 4.68. The molecule has 23 heavy (non-hydrogen) atoms. The smallest absolute Gasteiger partial charge is 0.241 e. The van der Waals surface area contributed by atoms with Crippen LogP contribution in [-0.4, -0.2) is 20.9 Å². The minimum absolute atomic E-state index is 0.0942. The van der Waals surface area contributed by atoms with Gasteiger partial charge in [-0.25, -0.2) is 13.1 Å². The quantitative estimate of drug-likeness (QED) is 0.845. The van der Waals surface area contributed by atoms with E-state index in [4.69, 9.17) is 23.2 Å². The number of carbonyl (C=O) groups excluding carboxylic acids is 1. The van der Waals surface area contributed by atoms with Crippen molar-refractivity contribution in [3.05, 3.63) is 58.1 Å². The molecular weight excluding hydrogens is 359 g/mol. The lowest BCUT2D eigenvalue weighted by Gasteiger charge is -2.09. The highest BCUT2D eigenvalue weighted by Crippen LogP contribution is 2.29. The highest BCUT2D eigenvalue weighted by atomic mass is 35.5. The third-order valence-electron chi connectivity index (χ3n) is 2.98. The highest BCUT2D eigenvalue weighted by Gasteiger charge is 2.16. The molecular formula is C15H14Cl2N2O3S. The summed E-state index contributed by atoms with van der Waals surface area (Å²) < 4.78 is 26.4. The molecule has 2 rings (SSSR count). The van der Waals surface area contributed by atoms with E-state index in [0.717, 1.165) is 5.56 Å². The van der Waals surface area contributed by atoms with Crippen molar-refractivity contribution in [2.24, 2.45) is 0 Å². The lowest BCUT2D eigenvalue weighted by atomic mass is 10.2. The minimum Gasteiger partial charge on any atom is -0.324 e. The molecule has 1 amide bonds. The molecule has 122 valence electrons. The van der Waals surface area contributed by atoms with Gasteiger partial charge in [-0.05, 0) is 31.2 Å². The number of anilines is 1. The summed E-state index contributed by atoms with van der Waals surface area (Å²) in [5, 5.41) is 3.00. The molecule has 0 aromatic heterocycles. The summed E-state index contributed by atoms with van der Waals surface area (Å²) in [6.07, 6.45) is 0. The number of halogens is 2. The van der Waals surface area contributed by atoms with Crippen molar-refractivity contribution in [1.82, 2.24) is 4.72 Å². The first-order chi connectivity index (χ1) is 10.8. The molecule has 8 heteroatoms. The summed E-state index contributed by atoms with van der Waals surface area (Å²) in [6, 6.07) is 11.1. The van der Waals surface area contributed by atoms with E-state index in [1.807, 2.05) is 6.92 Å². The van der Waals surface area contributed by atoms with Crippen molar-refractivity contribution in [2.75, 3.05) is 11.9 Å². The Labute approximate surface area is 144 Å². The molecule has 0 radical (unpaired) electrons. The highest BCUT2D eigenvalue weighted by molar-refractivity contribution is 7.89. The van der Waals surface area contributed by atoms with Gasteiger partial charge in [0.2, 0.25) is 15.9 Å². The van der Waals surface area contributed by atoms with E-state index in [0.29, 0.717) is 10.7 Å². The molecule has 0 aliphatic heterocycles. The summed E-state index contributed by atoms with van der Waals surface area (Å²) >= 11 is 11.8. The lowest BCUT2D eigenvalue weighted by Crippen LogP contribution is -2.33. The summed E-state index contributed by atoms with van der Waals surface area (Å²) in [5.41, 5.74) is 1.26. The first-order valence-corrected chi connectivity index (χ1v) is 8.84. The Morgan fingerprint density at radius 2 is 1.74 bits per heavy atom. The largest absolute Gasteiger partial charge is 0.324 e. The number of hydrogen-bond donors (Lipinski definition) is 2. The SMILES string of the molecule is Cc1ccc(S(=O)(=O)NCC(=O)Nc2cccc(Cl)c2Cl)cc1. The lowest BCUT2D eigenvalue weighted by molar-refractivity contribution is -0.115. The topological polar surface area (TPSA) is 75.3 Å². The number of amides is 1. The van der Waals surface area contributed by atoms with Crippen molar-refractivity contribution in [3.8, 4) is 0 Å². The van der Waals surface area contributed by atoms with Gasteiger partial charge < -0.3 is 5.32 Å². The molecule has 0 spiro atoms. The molecule has 0 bridgehead atoms. The van der Waals surface area contributed by atoms with Gasteiger partial charge >= 0.3 is 0 Å². The van der Waals surface area contributed by atoms with Gasteiger partial charge in [0.15, 0.2) is 0 Å². The second kappa shape index (κ2) is 7.31. The molecule has 2 N–H and O–H groups in total. The number of hydrogen-bond acceptors (Lipinski definition) is 3. The molecule has 0 saturated heterocycles. The van der Waals surface area contributed by atoms with Crippen LogP contribution in [0.15, 0.2) is 47.4 Å². The Hall–Kier alpha value is -1.60. The Morgan fingerprint density at radius 1 is 1.09 bits per heavy atom. The predicted molar refractivity (Wildman–Crippen MR) is 91.5 cm³/mol. The zero-order valence-electron chi connectivity index (χ0n) is 12.1. The zero-order chi connectivity index (χ0) is 17.0. The summed E-state index contributed by atoms with van der Waals surface area (Å²) in [4.78, 5) is 12.0. The zero-order valence-corrected chi connectivity index (χ0v) is 14.5. The van der Waals surface area contributed by atoms with Crippen molar-refractivity contribution in [2.45, 2.75) is 11.8 Å². The van der Waals surface area contributed by atoms with Gasteiger partial charge in [0.1, 0.15) is 0 Å². The minimum atomic E-state index is -3.75. The van der Waals surface area contributed by atoms with Crippen LogP contribution in [0.25, 0.3) is 0 Å².